The summed E-state index contributed by atoms with van der Waals surface area (Å²) in [6, 6.07) is 0. The van der Waals surface area contributed by atoms with Gasteiger partial charge in [0.15, 0.2) is 0 Å². The summed E-state index contributed by atoms with van der Waals surface area (Å²) in [7, 11) is 0. The molecule has 0 saturated heterocycles. The molecule has 4 aliphatic carbocycles. The summed E-state index contributed by atoms with van der Waals surface area (Å²) in [5.74, 6) is 1.92. The molecule has 130 valence electrons. The molecule has 0 radical (unpaired) electrons. The third-order valence-electron chi connectivity index (χ3n) is 8.26. The van der Waals surface area contributed by atoms with Crippen molar-refractivity contribution in [2.75, 3.05) is 6.61 Å². The Balaban J connectivity index is 1.67. The van der Waals surface area contributed by atoms with E-state index in [2.05, 4.69) is 13.8 Å². The normalized spacial score (nSPS) is 52.8. The van der Waals surface area contributed by atoms with E-state index in [1.165, 1.54) is 25.7 Å². The molecule has 23 heavy (non-hydrogen) atoms. The Morgan fingerprint density at radius 3 is 2.57 bits per heavy atom. The number of allylic oxidation sites excluding steroid dienone is 1. The molecule has 2 nitrogen and oxygen atoms in total. The minimum Gasteiger partial charge on any atom is -0.395 e. The average molecular weight is 339 g/mol. The SMILES string of the molecule is C[C@]1(CO)CCC2=C1CC[C@H]1[C@H]2CCC2C(Cl)C(O)CC[C@@]21C. The summed E-state index contributed by atoms with van der Waals surface area (Å²) in [5.41, 5.74) is 3.65. The molecule has 0 aliphatic heterocycles. The number of aliphatic hydroxyl groups excluding tert-OH is 2. The quantitative estimate of drug-likeness (QED) is 0.553. The molecule has 0 spiro atoms. The first-order chi connectivity index (χ1) is 10.9. The molecule has 0 aromatic rings. The first kappa shape index (κ1) is 16.4. The van der Waals surface area contributed by atoms with Gasteiger partial charge in [-0.2, -0.15) is 0 Å². The molecule has 3 unspecified atom stereocenters. The van der Waals surface area contributed by atoms with Crippen molar-refractivity contribution < 1.29 is 10.2 Å². The predicted octanol–water partition coefficient (Wildman–Crippen LogP) is 4.28. The van der Waals surface area contributed by atoms with Crippen molar-refractivity contribution in [2.24, 2.45) is 28.6 Å². The fraction of sp³-hybridized carbons (Fsp3) is 0.900. The number of rotatable bonds is 1. The van der Waals surface area contributed by atoms with Gasteiger partial charge in [-0.1, -0.05) is 25.0 Å². The highest BCUT2D eigenvalue weighted by Gasteiger charge is 2.56. The number of hydrogen-bond donors (Lipinski definition) is 2. The van der Waals surface area contributed by atoms with Crippen LogP contribution in [0.1, 0.15) is 65.2 Å². The number of halogens is 1. The van der Waals surface area contributed by atoms with Crippen LogP contribution in [-0.4, -0.2) is 28.3 Å². The first-order valence-electron chi connectivity index (χ1n) is 9.56. The molecule has 0 heterocycles. The second kappa shape index (κ2) is 5.47. The Morgan fingerprint density at radius 2 is 1.83 bits per heavy atom. The lowest BCUT2D eigenvalue weighted by Crippen LogP contribution is -2.54. The largest absolute Gasteiger partial charge is 0.395 e. The Kier molecular flexibility index (Phi) is 3.91. The van der Waals surface area contributed by atoms with Gasteiger partial charge in [-0.05, 0) is 74.5 Å². The zero-order valence-electron chi connectivity index (χ0n) is 14.5. The summed E-state index contributed by atoms with van der Waals surface area (Å²) < 4.78 is 0. The summed E-state index contributed by atoms with van der Waals surface area (Å²) in [5, 5.41) is 20.0. The Hall–Kier alpha value is -0.0500. The van der Waals surface area contributed by atoms with Crippen LogP contribution in [0.4, 0.5) is 0 Å². The smallest absolute Gasteiger partial charge is 0.0706 e. The minimum atomic E-state index is -0.311. The van der Waals surface area contributed by atoms with Gasteiger partial charge >= 0.3 is 0 Å². The van der Waals surface area contributed by atoms with Gasteiger partial charge in [0.05, 0.1) is 18.1 Å². The highest BCUT2D eigenvalue weighted by atomic mass is 35.5. The Bertz CT molecular complexity index is 530. The summed E-state index contributed by atoms with van der Waals surface area (Å²) >= 11 is 6.65. The van der Waals surface area contributed by atoms with E-state index in [-0.39, 0.29) is 16.9 Å². The Morgan fingerprint density at radius 1 is 1.04 bits per heavy atom. The van der Waals surface area contributed by atoms with Crippen molar-refractivity contribution in [1.29, 1.82) is 0 Å². The van der Waals surface area contributed by atoms with Crippen LogP contribution in [0.15, 0.2) is 11.1 Å². The van der Waals surface area contributed by atoms with Gasteiger partial charge in [-0.15, -0.1) is 11.6 Å². The zero-order chi connectivity index (χ0) is 16.4. The van der Waals surface area contributed by atoms with Crippen LogP contribution in [-0.2, 0) is 0 Å². The molecular weight excluding hydrogens is 308 g/mol. The topological polar surface area (TPSA) is 40.5 Å². The van der Waals surface area contributed by atoms with E-state index >= 15 is 0 Å². The molecule has 0 aromatic heterocycles. The van der Waals surface area contributed by atoms with E-state index in [1.807, 2.05) is 0 Å². The number of hydrogen-bond acceptors (Lipinski definition) is 2. The highest BCUT2D eigenvalue weighted by molar-refractivity contribution is 6.21. The van der Waals surface area contributed by atoms with Crippen LogP contribution in [0.5, 0.6) is 0 Å². The van der Waals surface area contributed by atoms with Crippen LogP contribution < -0.4 is 0 Å². The van der Waals surface area contributed by atoms with E-state index in [0.717, 1.165) is 31.6 Å². The zero-order valence-corrected chi connectivity index (χ0v) is 15.3. The summed E-state index contributed by atoms with van der Waals surface area (Å²) in [4.78, 5) is 0. The van der Waals surface area contributed by atoms with Crippen molar-refractivity contribution in [3.8, 4) is 0 Å². The van der Waals surface area contributed by atoms with Crippen molar-refractivity contribution in [1.82, 2.24) is 0 Å². The maximum Gasteiger partial charge on any atom is 0.0706 e. The third-order valence-corrected chi connectivity index (χ3v) is 8.86. The minimum absolute atomic E-state index is 0.0514. The number of alkyl halides is 1. The Labute approximate surface area is 145 Å². The molecule has 0 amide bonds. The van der Waals surface area contributed by atoms with Crippen LogP contribution in [0.3, 0.4) is 0 Å². The lowest BCUT2D eigenvalue weighted by atomic mass is 9.48. The van der Waals surface area contributed by atoms with Gasteiger partial charge in [0.25, 0.3) is 0 Å². The molecule has 3 heteroatoms. The van der Waals surface area contributed by atoms with E-state index in [0.29, 0.717) is 23.9 Å². The van der Waals surface area contributed by atoms with Gasteiger partial charge < -0.3 is 10.2 Å². The number of aliphatic hydroxyl groups is 2. The van der Waals surface area contributed by atoms with E-state index in [1.54, 1.807) is 11.1 Å². The van der Waals surface area contributed by atoms with Crippen molar-refractivity contribution in [2.45, 2.75) is 76.7 Å². The van der Waals surface area contributed by atoms with Crippen LogP contribution >= 0.6 is 11.6 Å². The molecular formula is C20H31ClO2. The fourth-order valence-electron chi connectivity index (χ4n) is 6.80. The van der Waals surface area contributed by atoms with Crippen LogP contribution in [0, 0.1) is 28.6 Å². The summed E-state index contributed by atoms with van der Waals surface area (Å²) in [6.07, 6.45) is 8.84. The maximum absolute atomic E-state index is 10.2. The van der Waals surface area contributed by atoms with Crippen molar-refractivity contribution in [3.63, 3.8) is 0 Å². The molecule has 4 rings (SSSR count). The highest BCUT2D eigenvalue weighted by Crippen LogP contribution is 2.64. The standard InChI is InChI=1S/C20H31ClO2/c1-19(11-22)9-7-13-12-3-4-16-18(21)17(23)8-10-20(16,2)15(12)6-5-14(13)19/h12,15-18,22-23H,3-11H2,1-2H3/t12-,15-,16?,17?,18?,19+,20+/m0/s1. The van der Waals surface area contributed by atoms with E-state index in [4.69, 9.17) is 11.6 Å². The molecule has 0 bridgehead atoms. The van der Waals surface area contributed by atoms with E-state index in [9.17, 15) is 10.2 Å². The van der Waals surface area contributed by atoms with Gasteiger partial charge in [0.2, 0.25) is 0 Å². The molecule has 0 aromatic carbocycles. The third kappa shape index (κ3) is 2.20. The maximum atomic E-state index is 10.2. The summed E-state index contributed by atoms with van der Waals surface area (Å²) in [6.45, 7) is 5.02. The lowest BCUT2D eigenvalue weighted by Gasteiger charge is -2.58. The number of fused-ring (bicyclic) bond motifs is 4. The van der Waals surface area contributed by atoms with Crippen LogP contribution in [0.25, 0.3) is 0 Å². The fourth-order valence-corrected chi connectivity index (χ4v) is 7.34. The van der Waals surface area contributed by atoms with Gasteiger partial charge in [-0.3, -0.25) is 0 Å². The molecule has 2 fully saturated rings. The lowest BCUT2D eigenvalue weighted by molar-refractivity contribution is -0.0663. The average Bonchev–Trinajstić information content (AvgIpc) is 2.90. The van der Waals surface area contributed by atoms with Crippen molar-refractivity contribution >= 4 is 11.6 Å². The van der Waals surface area contributed by atoms with E-state index < -0.39 is 0 Å². The second-order valence-electron chi connectivity index (χ2n) is 9.21. The van der Waals surface area contributed by atoms with Crippen molar-refractivity contribution in [3.05, 3.63) is 11.1 Å². The molecule has 2 N–H and O–H groups in total. The van der Waals surface area contributed by atoms with Gasteiger partial charge in [0.1, 0.15) is 0 Å². The van der Waals surface area contributed by atoms with Gasteiger partial charge in [-0.25, -0.2) is 0 Å². The molecule has 7 atom stereocenters. The predicted molar refractivity (Wildman–Crippen MR) is 93.4 cm³/mol. The monoisotopic (exact) mass is 338 g/mol. The van der Waals surface area contributed by atoms with Gasteiger partial charge in [0, 0.05) is 5.41 Å². The first-order valence-corrected chi connectivity index (χ1v) is 10.00. The van der Waals surface area contributed by atoms with Crippen LogP contribution in [0.2, 0.25) is 0 Å². The molecule has 4 aliphatic rings. The second-order valence-corrected chi connectivity index (χ2v) is 9.72. The molecule has 2 saturated carbocycles.